The molecule has 0 fully saturated rings. The van der Waals surface area contributed by atoms with Gasteiger partial charge in [-0.3, -0.25) is 4.79 Å². The molecule has 0 aromatic carbocycles. The fourth-order valence-corrected chi connectivity index (χ4v) is 1.18. The summed E-state index contributed by atoms with van der Waals surface area (Å²) in [6.45, 7) is 14.8. The van der Waals surface area contributed by atoms with E-state index in [1.54, 1.807) is 6.92 Å². The Morgan fingerprint density at radius 3 is 1.94 bits per heavy atom. The van der Waals surface area contributed by atoms with Crippen molar-refractivity contribution in [2.75, 3.05) is 13.2 Å². The molecule has 0 unspecified atom stereocenters. The highest BCUT2D eigenvalue weighted by Gasteiger charge is 2.25. The predicted molar refractivity (Wildman–Crippen MR) is 74.1 cm³/mol. The Bertz CT molecular complexity index is 210. The van der Waals surface area contributed by atoms with E-state index >= 15 is 0 Å². The number of ether oxygens (including phenoxy) is 1. The molecular formula is C14H31NO2. The molecule has 0 atom stereocenters. The van der Waals surface area contributed by atoms with Crippen molar-refractivity contribution in [3.8, 4) is 0 Å². The summed E-state index contributed by atoms with van der Waals surface area (Å²) < 4.78 is 5.72. The van der Waals surface area contributed by atoms with Crippen LogP contribution in [0.2, 0.25) is 0 Å². The molecule has 0 heterocycles. The Kier molecular flexibility index (Phi) is 9.64. The van der Waals surface area contributed by atoms with Crippen molar-refractivity contribution >= 4 is 5.78 Å². The molecule has 0 spiro atoms. The molecule has 0 amide bonds. The van der Waals surface area contributed by atoms with Crippen molar-refractivity contribution in [2.24, 2.45) is 11.1 Å². The van der Waals surface area contributed by atoms with E-state index in [0.717, 1.165) is 12.8 Å². The van der Waals surface area contributed by atoms with Gasteiger partial charge in [-0.25, -0.2) is 0 Å². The van der Waals surface area contributed by atoms with E-state index in [0.29, 0.717) is 13.2 Å². The first-order chi connectivity index (χ1) is 7.71. The summed E-state index contributed by atoms with van der Waals surface area (Å²) in [4.78, 5) is 11.3. The third-order valence-corrected chi connectivity index (χ3v) is 2.92. The lowest BCUT2D eigenvalue weighted by molar-refractivity contribution is -0.126. The van der Waals surface area contributed by atoms with Crippen molar-refractivity contribution in [3.05, 3.63) is 0 Å². The van der Waals surface area contributed by atoms with Gasteiger partial charge in [-0.1, -0.05) is 27.7 Å². The summed E-state index contributed by atoms with van der Waals surface area (Å²) in [5, 5.41) is 0. The fourth-order valence-electron chi connectivity index (χ4n) is 1.18. The van der Waals surface area contributed by atoms with Crippen LogP contribution < -0.4 is 5.73 Å². The highest BCUT2D eigenvalue weighted by molar-refractivity contribution is 5.81. The zero-order valence-corrected chi connectivity index (χ0v) is 12.7. The molecule has 17 heavy (non-hydrogen) atoms. The Morgan fingerprint density at radius 1 is 1.12 bits per heavy atom. The van der Waals surface area contributed by atoms with E-state index in [9.17, 15) is 4.79 Å². The van der Waals surface area contributed by atoms with Crippen LogP contribution in [-0.4, -0.2) is 24.5 Å². The molecule has 0 radical (unpaired) electrons. The highest BCUT2D eigenvalue weighted by atomic mass is 16.5. The number of carbonyl (C=O) groups is 1. The second kappa shape index (κ2) is 8.65. The highest BCUT2D eigenvalue weighted by Crippen LogP contribution is 2.23. The molecule has 0 aromatic heterocycles. The van der Waals surface area contributed by atoms with Gasteiger partial charge in [0.2, 0.25) is 0 Å². The summed E-state index contributed by atoms with van der Waals surface area (Å²) in [5.41, 5.74) is 5.03. The molecule has 0 bridgehead atoms. The second-order valence-corrected chi connectivity index (χ2v) is 5.34. The molecule has 0 aromatic rings. The molecule has 0 aliphatic rings. The molecule has 0 saturated heterocycles. The average Bonchev–Trinajstić information content (AvgIpc) is 2.19. The molecule has 0 aliphatic heterocycles. The van der Waals surface area contributed by atoms with Gasteiger partial charge in [0, 0.05) is 12.0 Å². The summed E-state index contributed by atoms with van der Waals surface area (Å²) in [5.74, 6) is 0.211. The van der Waals surface area contributed by atoms with Gasteiger partial charge in [0.1, 0.15) is 5.78 Å². The van der Waals surface area contributed by atoms with Crippen molar-refractivity contribution in [2.45, 2.75) is 66.9 Å². The van der Waals surface area contributed by atoms with Crippen molar-refractivity contribution < 1.29 is 9.53 Å². The first-order valence-electron chi connectivity index (χ1n) is 6.56. The first kappa shape index (κ1) is 18.9. The minimum absolute atomic E-state index is 0.179. The Balaban J connectivity index is 0. The number of carbonyl (C=O) groups excluding carboxylic acids is 1. The first-order valence-corrected chi connectivity index (χ1v) is 6.56. The fraction of sp³-hybridized carbons (Fsp3) is 0.929. The molecule has 104 valence electrons. The normalized spacial score (nSPS) is 11.8. The van der Waals surface area contributed by atoms with Gasteiger partial charge in [-0.15, -0.1) is 0 Å². The Hall–Kier alpha value is -0.410. The second-order valence-electron chi connectivity index (χ2n) is 5.34. The summed E-state index contributed by atoms with van der Waals surface area (Å²) >= 11 is 0. The molecule has 0 rings (SSSR count). The molecule has 3 heteroatoms. The molecule has 0 saturated carbocycles. The van der Waals surface area contributed by atoms with Crippen LogP contribution in [0, 0.1) is 5.41 Å². The summed E-state index contributed by atoms with van der Waals surface area (Å²) in [7, 11) is 0. The summed E-state index contributed by atoms with van der Waals surface area (Å²) in [6.07, 6.45) is 1.60. The lowest BCUT2D eigenvalue weighted by Crippen LogP contribution is -2.31. The third-order valence-electron chi connectivity index (χ3n) is 2.92. The maximum Gasteiger partial charge on any atom is 0.135 e. The van der Waals surface area contributed by atoms with Crippen LogP contribution in [-0.2, 0) is 9.53 Å². The number of ketones is 1. The standard InChI is InChI=1S/C12H25NO2.C2H6/c1-10(14)11(2,3)7-9-15-12(4,5)6-8-13;1-2/h6-9,13H2,1-5H3;1-2H3. The molecule has 0 aliphatic carbocycles. The smallest absolute Gasteiger partial charge is 0.135 e. The van der Waals surface area contributed by atoms with Crippen LogP contribution in [0.1, 0.15) is 61.3 Å². The van der Waals surface area contributed by atoms with Crippen LogP contribution in [0.4, 0.5) is 0 Å². The average molecular weight is 245 g/mol. The lowest BCUT2D eigenvalue weighted by Gasteiger charge is -2.27. The minimum Gasteiger partial charge on any atom is -0.375 e. The maximum atomic E-state index is 11.3. The van der Waals surface area contributed by atoms with Gasteiger partial charge in [-0.05, 0) is 40.2 Å². The van der Waals surface area contributed by atoms with Crippen LogP contribution in [0.5, 0.6) is 0 Å². The lowest BCUT2D eigenvalue weighted by atomic mass is 9.86. The Labute approximate surface area is 107 Å². The number of hydrogen-bond acceptors (Lipinski definition) is 3. The predicted octanol–water partition coefficient (Wildman–Crippen LogP) is 3.16. The monoisotopic (exact) mass is 245 g/mol. The molecular weight excluding hydrogens is 214 g/mol. The van der Waals surface area contributed by atoms with Crippen LogP contribution in [0.3, 0.4) is 0 Å². The van der Waals surface area contributed by atoms with Crippen LogP contribution in [0.15, 0.2) is 0 Å². The van der Waals surface area contributed by atoms with E-state index in [-0.39, 0.29) is 16.8 Å². The maximum absolute atomic E-state index is 11.3. The van der Waals surface area contributed by atoms with Crippen molar-refractivity contribution in [1.29, 1.82) is 0 Å². The third kappa shape index (κ3) is 9.31. The SMILES string of the molecule is CC.CC(=O)C(C)(C)CCOC(C)(C)CCN. The van der Waals surface area contributed by atoms with E-state index < -0.39 is 0 Å². The number of nitrogens with two attached hydrogens (primary N) is 1. The number of Topliss-reactive ketones (excluding diaryl/α,β-unsaturated/α-hetero) is 1. The van der Waals surface area contributed by atoms with E-state index in [4.69, 9.17) is 10.5 Å². The largest absolute Gasteiger partial charge is 0.375 e. The van der Waals surface area contributed by atoms with Gasteiger partial charge in [-0.2, -0.15) is 0 Å². The molecule has 3 nitrogen and oxygen atoms in total. The van der Waals surface area contributed by atoms with Gasteiger partial charge >= 0.3 is 0 Å². The molecule has 2 N–H and O–H groups in total. The topological polar surface area (TPSA) is 52.3 Å². The van der Waals surface area contributed by atoms with Crippen molar-refractivity contribution in [3.63, 3.8) is 0 Å². The van der Waals surface area contributed by atoms with Crippen LogP contribution >= 0.6 is 0 Å². The van der Waals surface area contributed by atoms with Gasteiger partial charge in [0.15, 0.2) is 0 Å². The minimum atomic E-state index is -0.279. The van der Waals surface area contributed by atoms with Gasteiger partial charge < -0.3 is 10.5 Å². The zero-order chi connectivity index (χ0) is 14.1. The van der Waals surface area contributed by atoms with Crippen molar-refractivity contribution in [1.82, 2.24) is 0 Å². The quantitative estimate of drug-likeness (QED) is 0.749. The zero-order valence-electron chi connectivity index (χ0n) is 12.7. The van der Waals surface area contributed by atoms with Crippen LogP contribution in [0.25, 0.3) is 0 Å². The van der Waals surface area contributed by atoms with Gasteiger partial charge in [0.25, 0.3) is 0 Å². The summed E-state index contributed by atoms with van der Waals surface area (Å²) in [6, 6.07) is 0. The number of rotatable bonds is 7. The van der Waals surface area contributed by atoms with E-state index in [1.165, 1.54) is 0 Å². The Morgan fingerprint density at radius 2 is 1.59 bits per heavy atom. The van der Waals surface area contributed by atoms with Gasteiger partial charge in [0.05, 0.1) is 5.60 Å². The van der Waals surface area contributed by atoms with E-state index in [2.05, 4.69) is 0 Å². The van der Waals surface area contributed by atoms with E-state index in [1.807, 2.05) is 41.5 Å². The number of hydrogen-bond donors (Lipinski definition) is 1.